The molecule has 166 valence electrons. The lowest BCUT2D eigenvalue weighted by molar-refractivity contribution is 0.0955. The van der Waals surface area contributed by atoms with E-state index in [-0.39, 0.29) is 16.3 Å². The molecular formula is C25H17Cl3N2O3. The number of hydrazone groups is 1. The minimum Gasteiger partial charge on any atom is -0.506 e. The SMILES string of the molecule is O=C(N/N=C/c1ccc(OCc2ccc(Cl)c(Cl)c2)c2ccccc12)c1ccc(O)c(Cl)c1. The van der Waals surface area contributed by atoms with E-state index in [9.17, 15) is 9.90 Å². The highest BCUT2D eigenvalue weighted by Gasteiger charge is 2.09. The van der Waals surface area contributed by atoms with Crippen molar-refractivity contribution in [3.05, 3.63) is 105 Å². The summed E-state index contributed by atoms with van der Waals surface area (Å²) in [5.74, 6) is 0.167. The third-order valence-corrected chi connectivity index (χ3v) is 5.92. The van der Waals surface area contributed by atoms with Gasteiger partial charge in [0.05, 0.1) is 21.3 Å². The highest BCUT2D eigenvalue weighted by atomic mass is 35.5. The molecule has 2 N–H and O–H groups in total. The minimum absolute atomic E-state index is 0.0917. The maximum Gasteiger partial charge on any atom is 0.271 e. The number of nitrogens with zero attached hydrogens (tertiary/aromatic N) is 1. The molecule has 0 aliphatic heterocycles. The van der Waals surface area contributed by atoms with Gasteiger partial charge in [0.25, 0.3) is 5.91 Å². The van der Waals surface area contributed by atoms with Crippen LogP contribution in [0.25, 0.3) is 10.8 Å². The van der Waals surface area contributed by atoms with Gasteiger partial charge in [-0.2, -0.15) is 5.10 Å². The Labute approximate surface area is 205 Å². The molecule has 0 aliphatic rings. The summed E-state index contributed by atoms with van der Waals surface area (Å²) in [7, 11) is 0. The van der Waals surface area contributed by atoms with E-state index in [1.54, 1.807) is 18.3 Å². The standard InChI is InChI=1S/C25H17Cl3N2O3/c26-20-8-5-15(11-21(20)27)14-33-24-10-7-17(18-3-1-2-4-19(18)24)13-29-30-25(32)16-6-9-23(31)22(28)12-16/h1-13,31H,14H2,(H,30,32)/b29-13+. The van der Waals surface area contributed by atoms with Gasteiger partial charge in [0, 0.05) is 16.5 Å². The summed E-state index contributed by atoms with van der Waals surface area (Å²) in [5.41, 5.74) is 4.45. The predicted octanol–water partition coefficient (Wildman–Crippen LogP) is 6.85. The topological polar surface area (TPSA) is 70.9 Å². The number of hydrogen-bond donors (Lipinski definition) is 2. The molecule has 0 spiro atoms. The maximum atomic E-state index is 12.3. The van der Waals surface area contributed by atoms with Crippen LogP contribution in [-0.2, 0) is 6.61 Å². The van der Waals surface area contributed by atoms with Gasteiger partial charge in [-0.15, -0.1) is 0 Å². The van der Waals surface area contributed by atoms with Gasteiger partial charge in [-0.25, -0.2) is 5.43 Å². The lowest BCUT2D eigenvalue weighted by Gasteiger charge is -2.11. The number of nitrogens with one attached hydrogen (secondary N) is 1. The van der Waals surface area contributed by atoms with Crippen molar-refractivity contribution < 1.29 is 14.6 Å². The molecule has 4 aromatic carbocycles. The summed E-state index contributed by atoms with van der Waals surface area (Å²) in [6.07, 6.45) is 1.56. The first-order chi connectivity index (χ1) is 15.9. The average Bonchev–Trinajstić information content (AvgIpc) is 2.82. The Morgan fingerprint density at radius 2 is 1.70 bits per heavy atom. The fourth-order valence-corrected chi connectivity index (χ4v) is 3.70. The van der Waals surface area contributed by atoms with Crippen LogP contribution in [0.1, 0.15) is 21.5 Å². The van der Waals surface area contributed by atoms with Gasteiger partial charge in [-0.05, 0) is 53.4 Å². The molecule has 0 saturated heterocycles. The van der Waals surface area contributed by atoms with Gasteiger partial charge < -0.3 is 9.84 Å². The normalized spacial score (nSPS) is 11.1. The second-order valence-electron chi connectivity index (χ2n) is 7.10. The van der Waals surface area contributed by atoms with Gasteiger partial charge >= 0.3 is 0 Å². The minimum atomic E-state index is -0.445. The molecule has 4 aromatic rings. The van der Waals surface area contributed by atoms with Crippen molar-refractivity contribution in [1.82, 2.24) is 5.43 Å². The Bertz CT molecular complexity index is 1370. The Balaban J connectivity index is 1.51. The van der Waals surface area contributed by atoms with Gasteiger partial charge in [0.2, 0.25) is 0 Å². The van der Waals surface area contributed by atoms with Gasteiger partial charge in [0.1, 0.15) is 18.1 Å². The predicted molar refractivity (Wildman–Crippen MR) is 133 cm³/mol. The second-order valence-corrected chi connectivity index (χ2v) is 8.32. The first-order valence-electron chi connectivity index (χ1n) is 9.83. The lowest BCUT2D eigenvalue weighted by Crippen LogP contribution is -2.17. The van der Waals surface area contributed by atoms with E-state index in [4.69, 9.17) is 39.5 Å². The number of phenolic OH excluding ortho intramolecular Hbond substituents is 1. The monoisotopic (exact) mass is 498 g/mol. The molecule has 33 heavy (non-hydrogen) atoms. The van der Waals surface area contributed by atoms with Crippen LogP contribution in [0.2, 0.25) is 15.1 Å². The largest absolute Gasteiger partial charge is 0.506 e. The molecule has 0 saturated carbocycles. The zero-order valence-electron chi connectivity index (χ0n) is 17.1. The van der Waals surface area contributed by atoms with Crippen LogP contribution in [0, 0.1) is 0 Å². The van der Waals surface area contributed by atoms with Crippen molar-refractivity contribution in [2.75, 3.05) is 0 Å². The third kappa shape index (κ3) is 5.40. The van der Waals surface area contributed by atoms with Crippen molar-refractivity contribution in [2.45, 2.75) is 6.61 Å². The first-order valence-corrected chi connectivity index (χ1v) is 11.0. The quantitative estimate of drug-likeness (QED) is 0.225. The van der Waals surface area contributed by atoms with Crippen LogP contribution in [0.15, 0.2) is 77.9 Å². The number of amides is 1. The van der Waals surface area contributed by atoms with Crippen LogP contribution in [0.3, 0.4) is 0 Å². The van der Waals surface area contributed by atoms with Gasteiger partial charge in [-0.3, -0.25) is 4.79 Å². The molecule has 0 fully saturated rings. The fraction of sp³-hybridized carbons (Fsp3) is 0.0400. The molecule has 0 bridgehead atoms. The van der Waals surface area contributed by atoms with Crippen LogP contribution < -0.4 is 10.2 Å². The summed E-state index contributed by atoms with van der Waals surface area (Å²) in [4.78, 5) is 12.3. The number of hydrogen-bond acceptors (Lipinski definition) is 4. The average molecular weight is 500 g/mol. The Morgan fingerprint density at radius 1 is 0.909 bits per heavy atom. The lowest BCUT2D eigenvalue weighted by atomic mass is 10.0. The van der Waals surface area contributed by atoms with Crippen LogP contribution in [0.5, 0.6) is 11.5 Å². The van der Waals surface area contributed by atoms with E-state index in [0.29, 0.717) is 22.4 Å². The van der Waals surface area contributed by atoms with Gasteiger partial charge in [-0.1, -0.05) is 65.1 Å². The molecule has 0 aromatic heterocycles. The van der Waals surface area contributed by atoms with Gasteiger partial charge in [0.15, 0.2) is 0 Å². The molecular weight excluding hydrogens is 483 g/mol. The number of carbonyl (C=O) groups excluding carboxylic acids is 1. The highest BCUT2D eigenvalue weighted by molar-refractivity contribution is 6.42. The number of ether oxygens (including phenoxy) is 1. The van der Waals surface area contributed by atoms with Crippen molar-refractivity contribution in [1.29, 1.82) is 0 Å². The van der Waals surface area contributed by atoms with Crippen molar-refractivity contribution in [3.8, 4) is 11.5 Å². The number of aromatic hydroxyl groups is 1. The Morgan fingerprint density at radius 3 is 2.45 bits per heavy atom. The van der Waals surface area contributed by atoms with E-state index >= 15 is 0 Å². The zero-order valence-corrected chi connectivity index (χ0v) is 19.3. The molecule has 0 unspecified atom stereocenters. The molecule has 0 radical (unpaired) electrons. The van der Waals surface area contributed by atoms with E-state index < -0.39 is 5.91 Å². The Hall–Kier alpha value is -3.25. The van der Waals surface area contributed by atoms with Crippen LogP contribution >= 0.6 is 34.8 Å². The number of halogens is 3. The fourth-order valence-electron chi connectivity index (χ4n) is 3.20. The smallest absolute Gasteiger partial charge is 0.271 e. The summed E-state index contributed by atoms with van der Waals surface area (Å²) < 4.78 is 6.03. The Kier molecular flexibility index (Phi) is 7.04. The van der Waals surface area contributed by atoms with E-state index in [1.165, 1.54) is 18.2 Å². The summed E-state index contributed by atoms with van der Waals surface area (Å²) in [6, 6.07) is 21.0. The van der Waals surface area contributed by atoms with Crippen LogP contribution in [0.4, 0.5) is 0 Å². The molecule has 0 heterocycles. The third-order valence-electron chi connectivity index (χ3n) is 4.88. The van der Waals surface area contributed by atoms with E-state index in [1.807, 2.05) is 42.5 Å². The zero-order chi connectivity index (χ0) is 23.4. The number of phenols is 1. The first kappa shape index (κ1) is 22.9. The van der Waals surface area contributed by atoms with E-state index in [2.05, 4.69) is 10.5 Å². The number of carbonyl (C=O) groups is 1. The molecule has 1 amide bonds. The van der Waals surface area contributed by atoms with E-state index in [0.717, 1.165) is 21.9 Å². The number of fused-ring (bicyclic) bond motifs is 1. The number of benzene rings is 4. The summed E-state index contributed by atoms with van der Waals surface area (Å²) >= 11 is 17.9. The van der Waals surface area contributed by atoms with Crippen molar-refractivity contribution in [2.24, 2.45) is 5.10 Å². The molecule has 8 heteroatoms. The molecule has 5 nitrogen and oxygen atoms in total. The van der Waals surface area contributed by atoms with Crippen molar-refractivity contribution in [3.63, 3.8) is 0 Å². The summed E-state index contributed by atoms with van der Waals surface area (Å²) in [6.45, 7) is 0.333. The molecule has 0 atom stereocenters. The van der Waals surface area contributed by atoms with Crippen molar-refractivity contribution >= 4 is 57.7 Å². The highest BCUT2D eigenvalue weighted by Crippen LogP contribution is 2.29. The second kappa shape index (κ2) is 10.1. The molecule has 4 rings (SSSR count). The summed E-state index contributed by atoms with van der Waals surface area (Å²) in [5, 5.41) is 16.4. The number of rotatable bonds is 6. The van der Waals surface area contributed by atoms with Crippen LogP contribution in [-0.4, -0.2) is 17.2 Å². The maximum absolute atomic E-state index is 12.3. The molecule has 0 aliphatic carbocycles.